The van der Waals surface area contributed by atoms with E-state index in [9.17, 15) is 9.18 Å². The number of amides is 1. The van der Waals surface area contributed by atoms with Gasteiger partial charge in [-0.2, -0.15) is 0 Å². The van der Waals surface area contributed by atoms with E-state index >= 15 is 0 Å². The second-order valence-electron chi connectivity index (χ2n) is 6.48. The summed E-state index contributed by atoms with van der Waals surface area (Å²) in [4.78, 5) is 17.0. The van der Waals surface area contributed by atoms with Crippen molar-refractivity contribution in [3.63, 3.8) is 0 Å². The molecule has 0 aliphatic carbocycles. The van der Waals surface area contributed by atoms with E-state index < -0.39 is 0 Å². The molecule has 2 heterocycles. The number of carbonyl (C=O) groups excluding carboxylic acids is 1. The van der Waals surface area contributed by atoms with Crippen molar-refractivity contribution in [2.45, 2.75) is 31.8 Å². The molecule has 1 N–H and O–H groups in total. The lowest BCUT2D eigenvalue weighted by Gasteiger charge is -2.39. The molecule has 0 bridgehead atoms. The van der Waals surface area contributed by atoms with Crippen LogP contribution in [-0.2, 0) is 11.3 Å². The van der Waals surface area contributed by atoms with Gasteiger partial charge in [0.1, 0.15) is 11.6 Å². The summed E-state index contributed by atoms with van der Waals surface area (Å²) in [5, 5.41) is 3.27. The van der Waals surface area contributed by atoms with E-state index in [1.54, 1.807) is 19.2 Å². The molecule has 0 aromatic heterocycles. The molecule has 2 aliphatic heterocycles. The Morgan fingerprint density at radius 1 is 1.29 bits per heavy atom. The van der Waals surface area contributed by atoms with E-state index in [0.717, 1.165) is 52.0 Å². The van der Waals surface area contributed by atoms with Gasteiger partial charge < -0.3 is 15.0 Å². The topological polar surface area (TPSA) is 44.8 Å². The third kappa shape index (κ3) is 3.70. The van der Waals surface area contributed by atoms with Crippen molar-refractivity contribution in [1.82, 2.24) is 15.1 Å². The average Bonchev–Trinajstić information content (AvgIpc) is 2.64. The van der Waals surface area contributed by atoms with Crippen LogP contribution in [-0.4, -0.2) is 61.6 Å². The summed E-state index contributed by atoms with van der Waals surface area (Å²) >= 11 is 0. The van der Waals surface area contributed by atoms with Gasteiger partial charge >= 0.3 is 0 Å². The zero-order valence-electron chi connectivity index (χ0n) is 14.3. The molecule has 0 spiro atoms. The van der Waals surface area contributed by atoms with Crippen LogP contribution in [0.3, 0.4) is 0 Å². The molecular formula is C18H26FN3O2. The lowest BCUT2D eigenvalue weighted by atomic mass is 9.99. The largest absolute Gasteiger partial charge is 0.496 e. The van der Waals surface area contributed by atoms with E-state index in [-0.39, 0.29) is 17.8 Å². The Labute approximate surface area is 142 Å². The van der Waals surface area contributed by atoms with Gasteiger partial charge in [-0.05, 0) is 31.5 Å². The highest BCUT2D eigenvalue weighted by molar-refractivity contribution is 5.82. The summed E-state index contributed by atoms with van der Waals surface area (Å²) in [6.07, 6.45) is 2.94. The lowest BCUT2D eigenvalue weighted by molar-refractivity contribution is -0.139. The van der Waals surface area contributed by atoms with Crippen molar-refractivity contribution < 1.29 is 13.9 Å². The number of methoxy groups -OCH3 is 1. The molecule has 6 heteroatoms. The van der Waals surface area contributed by atoms with Crippen LogP contribution in [0.15, 0.2) is 18.2 Å². The van der Waals surface area contributed by atoms with Gasteiger partial charge in [0.05, 0.1) is 13.2 Å². The number of nitrogens with one attached hydrogen (secondary N) is 1. The maximum atomic E-state index is 14.3. The minimum Gasteiger partial charge on any atom is -0.496 e. The Morgan fingerprint density at radius 2 is 2.08 bits per heavy atom. The van der Waals surface area contributed by atoms with Crippen LogP contribution >= 0.6 is 0 Å². The quantitative estimate of drug-likeness (QED) is 0.908. The molecule has 5 nitrogen and oxygen atoms in total. The Morgan fingerprint density at radius 3 is 2.83 bits per heavy atom. The van der Waals surface area contributed by atoms with E-state index in [4.69, 9.17) is 4.74 Å². The molecule has 3 rings (SSSR count). The highest BCUT2D eigenvalue weighted by Gasteiger charge is 2.33. The molecule has 2 saturated heterocycles. The van der Waals surface area contributed by atoms with Gasteiger partial charge in [-0.3, -0.25) is 9.69 Å². The minimum atomic E-state index is -0.270. The number of rotatable bonds is 4. The molecule has 1 amide bonds. The summed E-state index contributed by atoms with van der Waals surface area (Å²) in [5.41, 5.74) is 0.542. The smallest absolute Gasteiger partial charge is 0.240 e. The molecule has 1 aromatic carbocycles. The molecular weight excluding hydrogens is 309 g/mol. The van der Waals surface area contributed by atoms with E-state index in [2.05, 4.69) is 10.2 Å². The summed E-state index contributed by atoms with van der Waals surface area (Å²) in [7, 11) is 1.55. The number of piperidine rings is 1. The zero-order valence-corrected chi connectivity index (χ0v) is 14.3. The number of halogens is 1. The van der Waals surface area contributed by atoms with Crippen LogP contribution in [0.2, 0.25) is 0 Å². The molecule has 0 saturated carbocycles. The summed E-state index contributed by atoms with van der Waals surface area (Å²) in [5.74, 6) is 0.466. The summed E-state index contributed by atoms with van der Waals surface area (Å²) in [6, 6.07) is 4.72. The summed E-state index contributed by atoms with van der Waals surface area (Å²) in [6.45, 7) is 4.44. The maximum absolute atomic E-state index is 14.3. The predicted octanol–water partition coefficient (Wildman–Crippen LogP) is 1.62. The Bertz CT molecular complexity index is 575. The summed E-state index contributed by atoms with van der Waals surface area (Å²) < 4.78 is 19.6. The Balaban J connectivity index is 1.76. The molecule has 2 fully saturated rings. The molecule has 24 heavy (non-hydrogen) atoms. The van der Waals surface area contributed by atoms with Crippen LogP contribution in [0.5, 0.6) is 5.75 Å². The van der Waals surface area contributed by atoms with Crippen molar-refractivity contribution in [3.05, 3.63) is 29.6 Å². The van der Waals surface area contributed by atoms with Gasteiger partial charge in [0, 0.05) is 38.3 Å². The van der Waals surface area contributed by atoms with E-state index in [1.165, 1.54) is 6.07 Å². The number of carbonyl (C=O) groups is 1. The normalized spacial score (nSPS) is 22.4. The SMILES string of the molecule is COc1cccc(F)c1CN1CCCCC1C(=O)N1CCNCC1. The first-order chi connectivity index (χ1) is 11.7. The fourth-order valence-electron chi connectivity index (χ4n) is 3.64. The van der Waals surface area contributed by atoms with Crippen LogP contribution < -0.4 is 10.1 Å². The number of hydrogen-bond donors (Lipinski definition) is 1. The number of hydrogen-bond acceptors (Lipinski definition) is 4. The van der Waals surface area contributed by atoms with Crippen molar-refractivity contribution in [2.75, 3.05) is 39.8 Å². The first-order valence-corrected chi connectivity index (χ1v) is 8.75. The fraction of sp³-hybridized carbons (Fsp3) is 0.611. The van der Waals surface area contributed by atoms with Crippen LogP contribution in [0.4, 0.5) is 4.39 Å². The molecule has 1 aromatic rings. The molecule has 0 radical (unpaired) electrons. The fourth-order valence-corrected chi connectivity index (χ4v) is 3.64. The Kier molecular flexibility index (Phi) is 5.68. The number of benzene rings is 1. The van der Waals surface area contributed by atoms with E-state index in [0.29, 0.717) is 17.9 Å². The van der Waals surface area contributed by atoms with Gasteiger partial charge in [-0.15, -0.1) is 0 Å². The molecule has 1 unspecified atom stereocenters. The lowest BCUT2D eigenvalue weighted by Crippen LogP contribution is -2.55. The van der Waals surface area contributed by atoms with Crippen LogP contribution in [0, 0.1) is 5.82 Å². The zero-order chi connectivity index (χ0) is 16.9. The average molecular weight is 335 g/mol. The molecule has 1 atom stereocenters. The monoisotopic (exact) mass is 335 g/mol. The van der Waals surface area contributed by atoms with Crippen molar-refractivity contribution >= 4 is 5.91 Å². The molecule has 2 aliphatic rings. The predicted molar refractivity (Wildman–Crippen MR) is 90.5 cm³/mol. The highest BCUT2D eigenvalue weighted by atomic mass is 19.1. The number of ether oxygens (including phenoxy) is 1. The maximum Gasteiger partial charge on any atom is 0.240 e. The van der Waals surface area contributed by atoms with Crippen molar-refractivity contribution in [2.24, 2.45) is 0 Å². The standard InChI is InChI=1S/C18H26FN3O2/c1-24-17-7-4-5-15(19)14(17)13-22-10-3-2-6-16(22)18(23)21-11-8-20-9-12-21/h4-5,7,16,20H,2-3,6,8-13H2,1H3. The number of piperazine rings is 1. The third-order valence-electron chi connectivity index (χ3n) is 4.98. The number of nitrogens with zero attached hydrogens (tertiary/aromatic N) is 2. The minimum absolute atomic E-state index is 0.152. The third-order valence-corrected chi connectivity index (χ3v) is 4.98. The van der Waals surface area contributed by atoms with Gasteiger partial charge in [-0.25, -0.2) is 4.39 Å². The van der Waals surface area contributed by atoms with E-state index in [1.807, 2.05) is 4.90 Å². The van der Waals surface area contributed by atoms with Gasteiger partial charge in [0.25, 0.3) is 0 Å². The number of likely N-dealkylation sites (tertiary alicyclic amines) is 1. The molecule has 132 valence electrons. The second kappa shape index (κ2) is 7.94. The van der Waals surface area contributed by atoms with Crippen LogP contribution in [0.25, 0.3) is 0 Å². The van der Waals surface area contributed by atoms with Crippen LogP contribution in [0.1, 0.15) is 24.8 Å². The second-order valence-corrected chi connectivity index (χ2v) is 6.48. The first kappa shape index (κ1) is 17.2. The van der Waals surface area contributed by atoms with Gasteiger partial charge in [0.2, 0.25) is 5.91 Å². The highest BCUT2D eigenvalue weighted by Crippen LogP contribution is 2.27. The van der Waals surface area contributed by atoms with Crippen molar-refractivity contribution in [1.29, 1.82) is 0 Å². The first-order valence-electron chi connectivity index (χ1n) is 8.75. The van der Waals surface area contributed by atoms with Crippen molar-refractivity contribution in [3.8, 4) is 5.75 Å². The van der Waals surface area contributed by atoms with Gasteiger partial charge in [0.15, 0.2) is 0 Å². The van der Waals surface area contributed by atoms with Gasteiger partial charge in [-0.1, -0.05) is 12.5 Å². The Hall–Kier alpha value is -1.66.